The van der Waals surface area contributed by atoms with Gasteiger partial charge in [0.15, 0.2) is 12.4 Å². The third kappa shape index (κ3) is 3.41. The second kappa shape index (κ2) is 7.00. The number of benzene rings is 1. The lowest BCUT2D eigenvalue weighted by atomic mass is 10.1. The topological polar surface area (TPSA) is 69.5 Å². The smallest absolute Gasteiger partial charge is 0.260 e. The van der Waals surface area contributed by atoms with E-state index in [0.717, 1.165) is 22.7 Å². The van der Waals surface area contributed by atoms with Crippen molar-refractivity contribution in [2.24, 2.45) is 7.05 Å². The summed E-state index contributed by atoms with van der Waals surface area (Å²) in [5.74, 6) is 1.46. The third-order valence-electron chi connectivity index (χ3n) is 4.20. The van der Waals surface area contributed by atoms with Crippen LogP contribution in [0.3, 0.4) is 0 Å². The molecule has 2 aromatic rings. The number of hydrogen-bond acceptors (Lipinski definition) is 5. The van der Waals surface area contributed by atoms with E-state index in [1.165, 1.54) is 0 Å². The maximum absolute atomic E-state index is 12.5. The van der Waals surface area contributed by atoms with Crippen molar-refractivity contribution in [3.63, 3.8) is 0 Å². The number of carbonyl (C=O) groups excluding carboxylic acids is 1. The Balaban J connectivity index is 1.62. The molecule has 1 amide bonds. The van der Waals surface area contributed by atoms with Crippen LogP contribution in [0.5, 0.6) is 5.75 Å². The summed E-state index contributed by atoms with van der Waals surface area (Å²) in [6.45, 7) is 5.48. The highest BCUT2D eigenvalue weighted by molar-refractivity contribution is 5.78. The van der Waals surface area contributed by atoms with Crippen LogP contribution in [0.1, 0.15) is 23.1 Å². The number of aromatic nitrogens is 3. The number of morpholine rings is 1. The lowest BCUT2D eigenvalue weighted by Gasteiger charge is -2.32. The van der Waals surface area contributed by atoms with Gasteiger partial charge in [0.25, 0.3) is 5.91 Å². The van der Waals surface area contributed by atoms with Crippen LogP contribution in [0.2, 0.25) is 0 Å². The van der Waals surface area contributed by atoms with Gasteiger partial charge in [-0.2, -0.15) is 0 Å². The molecule has 7 nitrogen and oxygen atoms in total. The Morgan fingerprint density at radius 3 is 2.79 bits per heavy atom. The Morgan fingerprint density at radius 2 is 2.12 bits per heavy atom. The minimum Gasteiger partial charge on any atom is -0.483 e. The van der Waals surface area contributed by atoms with Crippen LogP contribution in [0.4, 0.5) is 0 Å². The maximum Gasteiger partial charge on any atom is 0.260 e. The zero-order valence-corrected chi connectivity index (χ0v) is 14.2. The van der Waals surface area contributed by atoms with E-state index in [-0.39, 0.29) is 18.6 Å². The largest absolute Gasteiger partial charge is 0.483 e. The molecule has 7 heteroatoms. The van der Waals surface area contributed by atoms with Crippen LogP contribution in [0, 0.1) is 13.8 Å². The molecule has 1 aliphatic heterocycles. The van der Waals surface area contributed by atoms with Gasteiger partial charge in [-0.05, 0) is 25.0 Å². The summed E-state index contributed by atoms with van der Waals surface area (Å²) < 4.78 is 13.3. The summed E-state index contributed by atoms with van der Waals surface area (Å²) in [6.07, 6.45) is 1.37. The molecule has 1 aliphatic rings. The Labute approximate surface area is 141 Å². The molecule has 0 N–H and O–H groups in total. The molecule has 1 saturated heterocycles. The lowest BCUT2D eigenvalue weighted by Crippen LogP contribution is -2.44. The summed E-state index contributed by atoms with van der Waals surface area (Å²) >= 11 is 0. The van der Waals surface area contributed by atoms with E-state index in [9.17, 15) is 4.79 Å². The van der Waals surface area contributed by atoms with Gasteiger partial charge in [-0.3, -0.25) is 4.79 Å². The first-order valence-corrected chi connectivity index (χ1v) is 7.98. The van der Waals surface area contributed by atoms with Gasteiger partial charge >= 0.3 is 0 Å². The normalized spacial score (nSPS) is 17.8. The van der Waals surface area contributed by atoms with E-state index in [0.29, 0.717) is 19.7 Å². The highest BCUT2D eigenvalue weighted by atomic mass is 16.5. The van der Waals surface area contributed by atoms with Crippen molar-refractivity contribution in [2.45, 2.75) is 20.0 Å². The molecular weight excluding hydrogens is 308 g/mol. The van der Waals surface area contributed by atoms with Crippen molar-refractivity contribution in [3.05, 3.63) is 41.5 Å². The number of hydrogen-bond donors (Lipinski definition) is 0. The van der Waals surface area contributed by atoms with Gasteiger partial charge in [-0.25, -0.2) is 0 Å². The van der Waals surface area contributed by atoms with E-state index < -0.39 is 0 Å². The molecule has 2 heterocycles. The van der Waals surface area contributed by atoms with Crippen molar-refractivity contribution in [1.82, 2.24) is 19.7 Å². The fraction of sp³-hybridized carbons (Fsp3) is 0.471. The highest BCUT2D eigenvalue weighted by Gasteiger charge is 2.28. The Morgan fingerprint density at radius 1 is 1.38 bits per heavy atom. The summed E-state index contributed by atoms with van der Waals surface area (Å²) in [6, 6.07) is 5.93. The van der Waals surface area contributed by atoms with E-state index in [4.69, 9.17) is 9.47 Å². The minimum absolute atomic E-state index is 0.0250. The van der Waals surface area contributed by atoms with Crippen LogP contribution in [-0.4, -0.2) is 51.9 Å². The van der Waals surface area contributed by atoms with Gasteiger partial charge in [-0.1, -0.05) is 18.2 Å². The standard InChI is InChI=1S/C17H22N4O3/c1-12-5-4-6-13(2)16(12)24-10-15(22)21-7-8-23-14(9-21)17-19-18-11-20(17)3/h4-6,11,14H,7-10H2,1-3H3. The van der Waals surface area contributed by atoms with Crippen molar-refractivity contribution in [3.8, 4) is 5.75 Å². The molecule has 1 aromatic heterocycles. The number of carbonyl (C=O) groups is 1. The van der Waals surface area contributed by atoms with E-state index in [1.54, 1.807) is 11.2 Å². The van der Waals surface area contributed by atoms with Crippen LogP contribution in [-0.2, 0) is 16.6 Å². The zero-order valence-electron chi connectivity index (χ0n) is 14.2. The predicted molar refractivity (Wildman–Crippen MR) is 87.7 cm³/mol. The van der Waals surface area contributed by atoms with E-state index in [1.807, 2.05) is 43.7 Å². The maximum atomic E-state index is 12.5. The van der Waals surface area contributed by atoms with E-state index >= 15 is 0 Å². The van der Waals surface area contributed by atoms with Crippen molar-refractivity contribution in [2.75, 3.05) is 26.3 Å². The lowest BCUT2D eigenvalue weighted by molar-refractivity contribution is -0.141. The van der Waals surface area contributed by atoms with E-state index in [2.05, 4.69) is 10.2 Å². The molecule has 24 heavy (non-hydrogen) atoms. The second-order valence-electron chi connectivity index (χ2n) is 6.01. The Hall–Kier alpha value is -2.41. The summed E-state index contributed by atoms with van der Waals surface area (Å²) in [7, 11) is 1.86. The summed E-state index contributed by atoms with van der Waals surface area (Å²) in [5, 5.41) is 7.94. The minimum atomic E-state index is -0.254. The van der Waals surface area contributed by atoms with Gasteiger partial charge in [0, 0.05) is 13.6 Å². The summed E-state index contributed by atoms with van der Waals surface area (Å²) in [5.41, 5.74) is 2.06. The molecule has 0 saturated carbocycles. The predicted octanol–water partition coefficient (Wildman–Crippen LogP) is 1.41. The Bertz CT molecular complexity index is 708. The molecule has 0 aliphatic carbocycles. The van der Waals surface area contributed by atoms with Crippen molar-refractivity contribution in [1.29, 1.82) is 0 Å². The molecule has 1 atom stereocenters. The fourth-order valence-corrected chi connectivity index (χ4v) is 2.87. The molecule has 3 rings (SSSR count). The first kappa shape index (κ1) is 16.4. The van der Waals surface area contributed by atoms with Gasteiger partial charge in [0.1, 0.15) is 18.2 Å². The Kier molecular flexibility index (Phi) is 4.80. The average Bonchev–Trinajstić information content (AvgIpc) is 3.00. The number of para-hydroxylation sites is 1. The van der Waals surface area contributed by atoms with Gasteiger partial charge in [0.05, 0.1) is 13.2 Å². The molecular formula is C17H22N4O3. The molecule has 1 aromatic carbocycles. The van der Waals surface area contributed by atoms with Crippen molar-refractivity contribution >= 4 is 5.91 Å². The van der Waals surface area contributed by atoms with Crippen LogP contribution in [0.15, 0.2) is 24.5 Å². The quantitative estimate of drug-likeness (QED) is 0.848. The van der Waals surface area contributed by atoms with Crippen LogP contribution >= 0.6 is 0 Å². The number of rotatable bonds is 4. The van der Waals surface area contributed by atoms with Gasteiger partial charge in [0.2, 0.25) is 0 Å². The molecule has 1 fully saturated rings. The first-order chi connectivity index (χ1) is 11.6. The average molecular weight is 330 g/mol. The molecule has 0 radical (unpaired) electrons. The summed E-state index contributed by atoms with van der Waals surface area (Å²) in [4.78, 5) is 14.3. The van der Waals surface area contributed by atoms with Crippen molar-refractivity contribution < 1.29 is 14.3 Å². The first-order valence-electron chi connectivity index (χ1n) is 7.98. The number of amides is 1. The molecule has 128 valence electrons. The van der Waals surface area contributed by atoms with Crippen LogP contribution < -0.4 is 4.74 Å². The third-order valence-corrected chi connectivity index (χ3v) is 4.20. The second-order valence-corrected chi connectivity index (χ2v) is 6.01. The SMILES string of the molecule is Cc1cccc(C)c1OCC(=O)N1CCOC(c2nncn2C)C1. The van der Waals surface area contributed by atoms with Crippen LogP contribution in [0.25, 0.3) is 0 Å². The zero-order chi connectivity index (χ0) is 17.1. The molecule has 0 bridgehead atoms. The highest BCUT2D eigenvalue weighted by Crippen LogP contribution is 2.23. The number of aryl methyl sites for hydroxylation is 3. The molecule has 1 unspecified atom stereocenters. The molecule has 0 spiro atoms. The number of nitrogens with zero attached hydrogens (tertiary/aromatic N) is 4. The number of ether oxygens (including phenoxy) is 2. The monoisotopic (exact) mass is 330 g/mol. The van der Waals surface area contributed by atoms with Gasteiger partial charge in [-0.15, -0.1) is 10.2 Å². The fourth-order valence-electron chi connectivity index (χ4n) is 2.87. The van der Waals surface area contributed by atoms with Gasteiger partial charge < -0.3 is 18.9 Å².